The molecule has 0 saturated heterocycles. The molecule has 4 heteroatoms. The summed E-state index contributed by atoms with van der Waals surface area (Å²) in [5.41, 5.74) is 2.29. The Morgan fingerprint density at radius 1 is 1.20 bits per heavy atom. The van der Waals surface area contributed by atoms with Crippen LogP contribution in [0.5, 0.6) is 5.75 Å². The Kier molecular flexibility index (Phi) is 5.32. The normalized spacial score (nSPS) is 12.0. The molecule has 1 unspecified atom stereocenters. The van der Waals surface area contributed by atoms with Crippen LogP contribution in [0.25, 0.3) is 0 Å². The number of benzene rings is 2. The Morgan fingerprint density at radius 2 is 1.90 bits per heavy atom. The minimum atomic E-state index is 0.305. The molecule has 2 rings (SSSR count). The highest BCUT2D eigenvalue weighted by Crippen LogP contribution is 2.28. The summed E-state index contributed by atoms with van der Waals surface area (Å²) in [5.74, 6) is 0.842. The Morgan fingerprint density at radius 3 is 2.55 bits per heavy atom. The average molecular weight is 355 g/mol. The quantitative estimate of drug-likeness (QED) is 0.801. The van der Waals surface area contributed by atoms with Gasteiger partial charge in [-0.1, -0.05) is 23.7 Å². The van der Waals surface area contributed by atoms with Gasteiger partial charge in [0, 0.05) is 21.6 Å². The summed E-state index contributed by atoms with van der Waals surface area (Å²) in [6.45, 7) is 2.15. The van der Waals surface area contributed by atoms with Crippen LogP contribution in [0.4, 0.5) is 5.69 Å². The number of halogens is 2. The van der Waals surface area contributed by atoms with Crippen molar-refractivity contribution in [2.45, 2.75) is 19.4 Å². The highest BCUT2D eigenvalue weighted by atomic mass is 79.9. The molecule has 0 aliphatic heterocycles. The van der Waals surface area contributed by atoms with Gasteiger partial charge in [0.25, 0.3) is 0 Å². The Balaban J connectivity index is 2.04. The molecule has 0 spiro atoms. The summed E-state index contributed by atoms with van der Waals surface area (Å²) < 4.78 is 6.28. The van der Waals surface area contributed by atoms with Crippen molar-refractivity contribution in [3.8, 4) is 5.75 Å². The number of ether oxygens (including phenoxy) is 1. The lowest BCUT2D eigenvalue weighted by Crippen LogP contribution is -2.18. The Bertz CT molecular complexity index is 571. The molecule has 0 fully saturated rings. The number of hydrogen-bond donors (Lipinski definition) is 1. The lowest BCUT2D eigenvalue weighted by atomic mass is 10.1. The standard InChI is InChI=1S/C16H17BrClNO/c1-11(9-12-3-5-13(18)6-4-12)19-16-10-14(20-2)7-8-15(16)17/h3-8,10-11,19H,9H2,1-2H3. The molecule has 1 N–H and O–H groups in total. The fourth-order valence-corrected chi connectivity index (χ4v) is 2.52. The molecule has 2 aromatic rings. The number of nitrogens with one attached hydrogen (secondary N) is 1. The van der Waals surface area contributed by atoms with Crippen LogP contribution >= 0.6 is 27.5 Å². The van der Waals surface area contributed by atoms with Gasteiger partial charge in [-0.15, -0.1) is 0 Å². The lowest BCUT2D eigenvalue weighted by Gasteiger charge is -2.17. The molecule has 0 saturated carbocycles. The fraction of sp³-hybridized carbons (Fsp3) is 0.250. The Labute approximate surface area is 133 Å². The molecule has 20 heavy (non-hydrogen) atoms. The summed E-state index contributed by atoms with van der Waals surface area (Å²) in [5, 5.41) is 4.26. The van der Waals surface area contributed by atoms with E-state index in [0.717, 1.165) is 27.4 Å². The second-order valence-electron chi connectivity index (χ2n) is 4.72. The highest BCUT2D eigenvalue weighted by Gasteiger charge is 2.07. The van der Waals surface area contributed by atoms with E-state index in [-0.39, 0.29) is 0 Å². The zero-order valence-corrected chi connectivity index (χ0v) is 13.8. The van der Waals surface area contributed by atoms with E-state index in [1.165, 1.54) is 5.56 Å². The maximum absolute atomic E-state index is 5.90. The van der Waals surface area contributed by atoms with E-state index in [4.69, 9.17) is 16.3 Å². The van der Waals surface area contributed by atoms with Gasteiger partial charge in [-0.25, -0.2) is 0 Å². The summed E-state index contributed by atoms with van der Waals surface area (Å²) in [6.07, 6.45) is 0.931. The van der Waals surface area contributed by atoms with Gasteiger partial charge < -0.3 is 10.1 Å². The van der Waals surface area contributed by atoms with E-state index >= 15 is 0 Å². The van der Waals surface area contributed by atoms with Gasteiger partial charge in [-0.05, 0) is 59.1 Å². The molecule has 0 bridgehead atoms. The van der Waals surface area contributed by atoms with Crippen LogP contribution in [0, 0.1) is 0 Å². The smallest absolute Gasteiger partial charge is 0.121 e. The molecule has 0 aromatic heterocycles. The SMILES string of the molecule is COc1ccc(Br)c(NC(C)Cc2ccc(Cl)cc2)c1. The van der Waals surface area contributed by atoms with Crippen molar-refractivity contribution in [3.05, 3.63) is 57.5 Å². The molecule has 0 radical (unpaired) electrons. The lowest BCUT2D eigenvalue weighted by molar-refractivity contribution is 0.415. The molecule has 2 nitrogen and oxygen atoms in total. The monoisotopic (exact) mass is 353 g/mol. The first kappa shape index (κ1) is 15.2. The number of anilines is 1. The number of methoxy groups -OCH3 is 1. The van der Waals surface area contributed by atoms with E-state index in [0.29, 0.717) is 6.04 Å². The zero-order valence-electron chi connectivity index (χ0n) is 11.5. The molecule has 0 aliphatic carbocycles. The third-order valence-corrected chi connectivity index (χ3v) is 3.97. The summed E-state index contributed by atoms with van der Waals surface area (Å²) in [7, 11) is 1.67. The van der Waals surface area contributed by atoms with Gasteiger partial charge in [-0.2, -0.15) is 0 Å². The number of rotatable bonds is 5. The van der Waals surface area contributed by atoms with Crippen LogP contribution in [0.15, 0.2) is 46.9 Å². The van der Waals surface area contributed by atoms with Gasteiger partial charge >= 0.3 is 0 Å². The minimum Gasteiger partial charge on any atom is -0.497 e. The van der Waals surface area contributed by atoms with Crippen LogP contribution < -0.4 is 10.1 Å². The molecular formula is C16H17BrClNO. The highest BCUT2D eigenvalue weighted by molar-refractivity contribution is 9.10. The van der Waals surface area contributed by atoms with Crippen molar-refractivity contribution in [2.75, 3.05) is 12.4 Å². The second kappa shape index (κ2) is 7.00. The van der Waals surface area contributed by atoms with Crippen molar-refractivity contribution in [3.63, 3.8) is 0 Å². The van der Waals surface area contributed by atoms with Crippen LogP contribution in [0.3, 0.4) is 0 Å². The first-order chi connectivity index (χ1) is 9.58. The van der Waals surface area contributed by atoms with Crippen molar-refractivity contribution >= 4 is 33.2 Å². The van der Waals surface area contributed by atoms with Gasteiger partial charge in [0.15, 0.2) is 0 Å². The first-order valence-corrected chi connectivity index (χ1v) is 7.60. The molecule has 0 amide bonds. The van der Waals surface area contributed by atoms with Crippen molar-refractivity contribution in [1.29, 1.82) is 0 Å². The van der Waals surface area contributed by atoms with Crippen molar-refractivity contribution < 1.29 is 4.74 Å². The van der Waals surface area contributed by atoms with Gasteiger partial charge in [0.2, 0.25) is 0 Å². The van der Waals surface area contributed by atoms with E-state index in [2.05, 4.69) is 40.3 Å². The molecule has 0 aliphatic rings. The predicted molar refractivity (Wildman–Crippen MR) is 88.9 cm³/mol. The second-order valence-corrected chi connectivity index (χ2v) is 6.01. The van der Waals surface area contributed by atoms with Crippen LogP contribution in [-0.2, 0) is 6.42 Å². The van der Waals surface area contributed by atoms with Crippen LogP contribution in [0.2, 0.25) is 5.02 Å². The minimum absolute atomic E-state index is 0.305. The van der Waals surface area contributed by atoms with Crippen LogP contribution in [-0.4, -0.2) is 13.2 Å². The van der Waals surface area contributed by atoms with Crippen LogP contribution in [0.1, 0.15) is 12.5 Å². The largest absolute Gasteiger partial charge is 0.497 e. The molecule has 2 aromatic carbocycles. The van der Waals surface area contributed by atoms with Gasteiger partial charge in [0.05, 0.1) is 12.8 Å². The average Bonchev–Trinajstić information content (AvgIpc) is 2.44. The van der Waals surface area contributed by atoms with Crippen molar-refractivity contribution in [2.24, 2.45) is 0 Å². The summed E-state index contributed by atoms with van der Waals surface area (Å²) in [4.78, 5) is 0. The van der Waals surface area contributed by atoms with E-state index in [1.807, 2.05) is 30.3 Å². The molecule has 1 atom stereocenters. The third-order valence-electron chi connectivity index (χ3n) is 3.03. The van der Waals surface area contributed by atoms with E-state index < -0.39 is 0 Å². The summed E-state index contributed by atoms with van der Waals surface area (Å²) >= 11 is 9.44. The first-order valence-electron chi connectivity index (χ1n) is 6.43. The van der Waals surface area contributed by atoms with Gasteiger partial charge in [-0.3, -0.25) is 0 Å². The predicted octanol–water partition coefficient (Wildman–Crippen LogP) is 5.15. The third kappa shape index (κ3) is 4.15. The van der Waals surface area contributed by atoms with E-state index in [1.54, 1.807) is 7.11 Å². The molecular weight excluding hydrogens is 338 g/mol. The van der Waals surface area contributed by atoms with E-state index in [9.17, 15) is 0 Å². The van der Waals surface area contributed by atoms with Crippen molar-refractivity contribution in [1.82, 2.24) is 0 Å². The topological polar surface area (TPSA) is 21.3 Å². The Hall–Kier alpha value is -1.19. The molecule has 106 valence electrons. The zero-order chi connectivity index (χ0) is 14.5. The molecule has 0 heterocycles. The summed E-state index contributed by atoms with van der Waals surface area (Å²) in [6, 6.07) is 14.2. The van der Waals surface area contributed by atoms with Gasteiger partial charge in [0.1, 0.15) is 5.75 Å². The maximum Gasteiger partial charge on any atom is 0.121 e. The maximum atomic E-state index is 5.90. The number of hydrogen-bond acceptors (Lipinski definition) is 2. The fourth-order valence-electron chi connectivity index (χ4n) is 2.03.